The van der Waals surface area contributed by atoms with Gasteiger partial charge in [0.15, 0.2) is 0 Å². The average molecular weight is 538 g/mol. The molecule has 3 rings (SSSR count). The van der Waals surface area contributed by atoms with Crippen molar-refractivity contribution in [1.82, 2.24) is 0 Å². The first kappa shape index (κ1) is 28.1. The zero-order valence-electron chi connectivity index (χ0n) is 23.0. The number of hydrogen-bond donors (Lipinski definition) is 0. The first-order chi connectivity index (χ1) is 16.5. The van der Waals surface area contributed by atoms with E-state index in [2.05, 4.69) is 130 Å². The largest absolute Gasteiger partial charge is 0.427 e. The fourth-order valence-corrected chi connectivity index (χ4v) is 92.8. The molecule has 0 aliphatic carbocycles. The van der Waals surface area contributed by atoms with E-state index in [0.29, 0.717) is 0 Å². The monoisotopic (exact) mass is 537 g/mol. The Morgan fingerprint density at radius 2 is 0.657 bits per heavy atom. The summed E-state index contributed by atoms with van der Waals surface area (Å²) >= 11 is 0. The summed E-state index contributed by atoms with van der Waals surface area (Å²) in [5.41, 5.74) is 2.69. The Labute approximate surface area is 216 Å². The van der Waals surface area contributed by atoms with E-state index in [1.807, 2.05) is 21.3 Å². The van der Waals surface area contributed by atoms with Gasteiger partial charge in [0, 0.05) is 27.8 Å². The number of hydrogen-bond acceptors (Lipinski definition) is 3. The first-order valence-corrected chi connectivity index (χ1v) is 26.3. The predicted molar refractivity (Wildman–Crippen MR) is 163 cm³/mol. The van der Waals surface area contributed by atoms with Crippen molar-refractivity contribution in [1.29, 1.82) is 0 Å². The van der Waals surface area contributed by atoms with E-state index in [9.17, 15) is 0 Å². The van der Waals surface area contributed by atoms with Crippen molar-refractivity contribution in [2.45, 2.75) is 39.3 Å². The minimum atomic E-state index is -2.67. The van der Waals surface area contributed by atoms with Gasteiger partial charge in [0.2, 0.25) is 0 Å². The highest BCUT2D eigenvalue weighted by molar-refractivity contribution is 8.08. The molecule has 3 aromatic rings. The molecule has 0 radical (unpaired) electrons. The third kappa shape index (κ3) is 4.13. The van der Waals surface area contributed by atoms with Crippen LogP contribution in [0.5, 0.6) is 0 Å². The highest BCUT2D eigenvalue weighted by Gasteiger charge is 2.74. The minimum absolute atomic E-state index is 1.38. The van der Waals surface area contributed by atoms with Crippen molar-refractivity contribution in [2.75, 3.05) is 21.3 Å². The highest BCUT2D eigenvalue weighted by atomic mass is 29.9. The van der Waals surface area contributed by atoms with Crippen molar-refractivity contribution in [3.8, 4) is 0 Å². The van der Waals surface area contributed by atoms with E-state index < -0.39 is 35.7 Å². The maximum atomic E-state index is 6.78. The molecule has 0 aliphatic heterocycles. The van der Waals surface area contributed by atoms with E-state index in [4.69, 9.17) is 13.3 Å². The van der Waals surface area contributed by atoms with E-state index in [1.165, 1.54) is 16.4 Å². The van der Waals surface area contributed by atoms with Gasteiger partial charge in [0.25, 0.3) is 0 Å². The quantitative estimate of drug-likeness (QED) is 0.357. The highest BCUT2D eigenvalue weighted by Crippen LogP contribution is 2.44. The summed E-state index contributed by atoms with van der Waals surface area (Å²) in [7, 11) is -1.42. The SMILES string of the molecule is CO[Si](C)(C)[Si]([B-](c1ccccc1)(c1ccccc1)c1ccccc1)([Si](C)(C)OC)[Si](C)(C)OC. The van der Waals surface area contributed by atoms with Crippen molar-refractivity contribution in [3.63, 3.8) is 0 Å². The molecule has 0 N–H and O–H groups in total. The van der Waals surface area contributed by atoms with Gasteiger partial charge in [-0.05, 0) is 0 Å². The van der Waals surface area contributed by atoms with Crippen LogP contribution < -0.4 is 16.4 Å². The summed E-state index contributed by atoms with van der Waals surface area (Å²) in [6.45, 7) is 12.0. The van der Waals surface area contributed by atoms with Crippen LogP contribution >= 0.6 is 0 Å². The zero-order valence-corrected chi connectivity index (χ0v) is 27.0. The van der Waals surface area contributed by atoms with Crippen LogP contribution in [0.4, 0.5) is 0 Å². The Hall–Kier alpha value is -1.53. The summed E-state index contributed by atoms with van der Waals surface area (Å²) < 4.78 is 20.3. The first-order valence-electron chi connectivity index (χ1n) is 12.5. The maximum absolute atomic E-state index is 6.78. The lowest BCUT2D eigenvalue weighted by Gasteiger charge is -2.71. The molecule has 3 nitrogen and oxygen atoms in total. The molecular weight excluding hydrogens is 495 g/mol. The Morgan fingerprint density at radius 3 is 0.857 bits per heavy atom. The molecule has 0 amide bonds. The molecule has 0 aromatic heterocycles. The van der Waals surface area contributed by atoms with Crippen molar-refractivity contribution in [3.05, 3.63) is 91.0 Å². The molecule has 0 aliphatic rings. The molecule has 0 spiro atoms. The third-order valence-electron chi connectivity index (χ3n) is 8.93. The van der Waals surface area contributed by atoms with Gasteiger partial charge in [0.1, 0.15) is 23.5 Å². The Bertz CT molecular complexity index is 956. The van der Waals surface area contributed by atoms with Crippen LogP contribution in [0.15, 0.2) is 91.0 Å². The van der Waals surface area contributed by atoms with E-state index in [1.54, 1.807) is 0 Å². The standard InChI is InChI=1S/C27H42BO3Si4/c1-29-32(4,5)35(33(6,7)30-2,34(8,9)31-3)28(25-19-13-10-14-20-25,26-21-15-11-16-22-26)27-23-17-12-18-24-27/h10-24H,1-9H3/q-1. The van der Waals surface area contributed by atoms with Crippen LogP contribution in [0.3, 0.4) is 0 Å². The Kier molecular flexibility index (Phi) is 8.38. The summed E-state index contributed by atoms with van der Waals surface area (Å²) in [6.07, 6.45) is 0. The predicted octanol–water partition coefficient (Wildman–Crippen LogP) is 4.47. The van der Waals surface area contributed by atoms with Gasteiger partial charge in [-0.2, -0.15) is 0 Å². The summed E-state index contributed by atoms with van der Waals surface area (Å²) in [6, 6.07) is 33.6. The van der Waals surface area contributed by atoms with Gasteiger partial charge < -0.3 is 13.3 Å². The smallest absolute Gasteiger partial charge is 0.142 e. The van der Waals surface area contributed by atoms with Crippen molar-refractivity contribution < 1.29 is 13.3 Å². The van der Waals surface area contributed by atoms with Gasteiger partial charge in [-0.1, -0.05) is 130 Å². The van der Waals surface area contributed by atoms with E-state index >= 15 is 0 Å². The molecule has 0 bridgehead atoms. The van der Waals surface area contributed by atoms with Gasteiger partial charge in [-0.15, -0.1) is 0 Å². The van der Waals surface area contributed by atoms with Gasteiger partial charge >= 0.3 is 0 Å². The molecule has 0 unspecified atom stereocenters. The lowest BCUT2D eigenvalue weighted by atomic mass is 9.34. The van der Waals surface area contributed by atoms with Gasteiger partial charge in [0.05, 0.1) is 5.74 Å². The topological polar surface area (TPSA) is 27.7 Å². The molecular formula is C27H42BO3Si4-. The molecule has 0 saturated heterocycles. The Balaban J connectivity index is 2.80. The van der Waals surface area contributed by atoms with Crippen LogP contribution in [0, 0.1) is 0 Å². The fourth-order valence-electron chi connectivity index (χ4n) is 7.77. The lowest BCUT2D eigenvalue weighted by molar-refractivity contribution is 0.404. The van der Waals surface area contributed by atoms with Gasteiger partial charge in [-0.25, -0.2) is 16.4 Å². The minimum Gasteiger partial charge on any atom is -0.427 e. The molecule has 0 fully saturated rings. The maximum Gasteiger partial charge on any atom is 0.142 e. The lowest BCUT2D eigenvalue weighted by Crippen LogP contribution is -3.03. The van der Waals surface area contributed by atoms with Crippen LogP contribution in [0.25, 0.3) is 0 Å². The Morgan fingerprint density at radius 1 is 0.429 bits per heavy atom. The summed E-state index contributed by atoms with van der Waals surface area (Å²) in [5, 5.41) is 0. The zero-order chi connectivity index (χ0) is 26.0. The summed E-state index contributed by atoms with van der Waals surface area (Å²) in [5.74, 6) is 0. The molecule has 35 heavy (non-hydrogen) atoms. The van der Waals surface area contributed by atoms with Crippen molar-refractivity contribution in [2.24, 2.45) is 0 Å². The van der Waals surface area contributed by atoms with E-state index in [-0.39, 0.29) is 0 Å². The van der Waals surface area contributed by atoms with Crippen LogP contribution in [0.2, 0.25) is 39.3 Å². The second kappa shape index (κ2) is 10.5. The average Bonchev–Trinajstić information content (AvgIpc) is 2.88. The molecule has 8 heteroatoms. The number of rotatable bonds is 10. The van der Waals surface area contributed by atoms with E-state index in [0.717, 1.165) is 0 Å². The van der Waals surface area contributed by atoms with Gasteiger partial charge in [-0.3, -0.25) is 0 Å². The molecule has 188 valence electrons. The molecule has 0 saturated carbocycles. The van der Waals surface area contributed by atoms with Crippen LogP contribution in [0.1, 0.15) is 0 Å². The molecule has 0 atom stereocenters. The summed E-state index contributed by atoms with van der Waals surface area (Å²) in [4.78, 5) is 0. The fraction of sp³-hybridized carbons (Fsp3) is 0.333. The number of benzene rings is 3. The van der Waals surface area contributed by atoms with Crippen molar-refractivity contribution >= 4 is 52.1 Å². The van der Waals surface area contributed by atoms with Crippen LogP contribution in [-0.2, 0) is 13.3 Å². The van der Waals surface area contributed by atoms with Crippen LogP contribution in [-0.4, -0.2) is 57.1 Å². The normalized spacial score (nSPS) is 13.6. The molecule has 3 aromatic carbocycles. The second-order valence-electron chi connectivity index (χ2n) is 11.0. The second-order valence-corrected chi connectivity index (χ2v) is 46.3. The molecule has 0 heterocycles. The third-order valence-corrected chi connectivity index (χ3v) is 75.3.